The molecule has 9 aromatic carbocycles. The number of benzene rings is 9. The largest absolute Gasteiger partial charge is 0.455 e. The van der Waals surface area contributed by atoms with Gasteiger partial charge in [-0.2, -0.15) is 0 Å². The number of hydrogen-bond donors (Lipinski definition) is 0. The Morgan fingerprint density at radius 3 is 1.58 bits per heavy atom. The fourth-order valence-corrected chi connectivity index (χ4v) is 8.65. The van der Waals surface area contributed by atoms with Crippen molar-refractivity contribution in [2.75, 3.05) is 0 Å². The maximum atomic E-state index is 9.01. The first kappa shape index (κ1) is 30.6. The monoisotopic (exact) mass is 797 g/mol. The summed E-state index contributed by atoms with van der Waals surface area (Å²) in [4.78, 5) is 15.1. The van der Waals surface area contributed by atoms with Gasteiger partial charge in [0.1, 0.15) is 11.2 Å². The van der Waals surface area contributed by atoms with Gasteiger partial charge in [-0.15, -0.1) is 0 Å². The molecular weight excluding hydrogens is 757 g/mol. The molecule has 0 unspecified atom stereocenters. The van der Waals surface area contributed by atoms with Crippen LogP contribution in [-0.4, -0.2) is 19.5 Å². The molecule has 0 aliphatic rings. The van der Waals surface area contributed by atoms with Crippen molar-refractivity contribution in [2.45, 2.75) is 0 Å². The lowest BCUT2D eigenvalue weighted by Crippen LogP contribution is -2.01. The summed E-state index contributed by atoms with van der Waals surface area (Å²) in [5.74, 6) is 0.406. The summed E-state index contributed by atoms with van der Waals surface area (Å²) in [6.45, 7) is 0. The van der Waals surface area contributed by atoms with Crippen molar-refractivity contribution in [3.05, 3.63) is 218 Å². The van der Waals surface area contributed by atoms with Crippen LogP contribution in [0.2, 0.25) is 0 Å². The first-order valence-corrected chi connectivity index (χ1v) is 20.4. The second-order valence-corrected chi connectivity index (χ2v) is 15.2. The van der Waals surface area contributed by atoms with E-state index in [1.807, 2.05) is 109 Å². The molecule has 62 heavy (non-hydrogen) atoms. The van der Waals surface area contributed by atoms with Gasteiger partial charge in [0, 0.05) is 43.9 Å². The van der Waals surface area contributed by atoms with E-state index in [-0.39, 0.29) is 23.0 Å². The highest BCUT2D eigenvalue weighted by molar-refractivity contribution is 6.15. The Morgan fingerprint density at radius 2 is 0.871 bits per heavy atom. The zero-order valence-electron chi connectivity index (χ0n) is 38.1. The summed E-state index contributed by atoms with van der Waals surface area (Å²) in [5.41, 5.74) is 11.2. The quantitative estimate of drug-likeness (QED) is 0.161. The van der Waals surface area contributed by atoms with Gasteiger partial charge in [0.25, 0.3) is 0 Å². The molecule has 290 valence electrons. The molecule has 0 atom stereocenters. The molecule has 0 amide bonds. The highest BCUT2D eigenvalue weighted by Crippen LogP contribution is 2.43. The summed E-state index contributed by atoms with van der Waals surface area (Å²) in [5, 5.41) is 3.91. The van der Waals surface area contributed by atoms with Crippen LogP contribution in [0.5, 0.6) is 0 Å². The number of para-hydroxylation sites is 3. The van der Waals surface area contributed by atoms with E-state index in [4.69, 9.17) is 26.2 Å². The second kappa shape index (κ2) is 14.7. The number of furan rings is 1. The zero-order valence-corrected chi connectivity index (χ0v) is 33.1. The van der Waals surface area contributed by atoms with Crippen LogP contribution in [0.15, 0.2) is 223 Å². The summed E-state index contributed by atoms with van der Waals surface area (Å²) < 4.78 is 52.9. The molecule has 0 saturated carbocycles. The molecule has 5 nitrogen and oxygen atoms in total. The van der Waals surface area contributed by atoms with Gasteiger partial charge in [-0.1, -0.05) is 188 Å². The molecule has 0 aliphatic heterocycles. The summed E-state index contributed by atoms with van der Waals surface area (Å²) in [6.07, 6.45) is 0. The normalized spacial score (nSPS) is 12.7. The minimum absolute atomic E-state index is 0.0610. The minimum atomic E-state index is -0.502. The molecule has 0 fully saturated rings. The van der Waals surface area contributed by atoms with Crippen LogP contribution in [0.25, 0.3) is 117 Å². The van der Waals surface area contributed by atoms with Gasteiger partial charge in [-0.3, -0.25) is 0 Å². The van der Waals surface area contributed by atoms with E-state index in [0.717, 1.165) is 71.6 Å². The minimum Gasteiger partial charge on any atom is -0.455 e. The third-order valence-corrected chi connectivity index (χ3v) is 11.6. The topological polar surface area (TPSA) is 56.7 Å². The van der Waals surface area contributed by atoms with Crippen LogP contribution in [-0.2, 0) is 0 Å². The predicted molar refractivity (Wildman–Crippen MR) is 254 cm³/mol. The van der Waals surface area contributed by atoms with E-state index in [1.54, 1.807) is 0 Å². The third kappa shape index (κ3) is 6.06. The molecular formula is C57H36N4O. The second-order valence-electron chi connectivity index (χ2n) is 15.2. The lowest BCUT2D eigenvalue weighted by atomic mass is 9.97. The van der Waals surface area contributed by atoms with E-state index >= 15 is 0 Å². The van der Waals surface area contributed by atoms with Gasteiger partial charge < -0.3 is 8.98 Å². The number of fused-ring (bicyclic) bond motifs is 6. The lowest BCUT2D eigenvalue weighted by molar-refractivity contribution is 0.670. The Balaban J connectivity index is 1.16. The molecule has 12 aromatic rings. The fourth-order valence-electron chi connectivity index (χ4n) is 8.65. The Bertz CT molecular complexity index is 3840. The van der Waals surface area contributed by atoms with Gasteiger partial charge in [-0.05, 0) is 58.1 Å². The molecule has 0 N–H and O–H groups in total. The van der Waals surface area contributed by atoms with Crippen molar-refractivity contribution in [3.8, 4) is 73.2 Å². The van der Waals surface area contributed by atoms with Crippen molar-refractivity contribution in [2.24, 2.45) is 0 Å². The first-order chi connectivity index (χ1) is 32.8. The molecule has 5 heteroatoms. The Kier molecular flexibility index (Phi) is 7.25. The van der Waals surface area contributed by atoms with E-state index in [0.29, 0.717) is 22.3 Å². The lowest BCUT2D eigenvalue weighted by Gasteiger charge is -2.12. The van der Waals surface area contributed by atoms with E-state index in [1.165, 1.54) is 0 Å². The van der Waals surface area contributed by atoms with Crippen LogP contribution in [0.4, 0.5) is 0 Å². The zero-order chi connectivity index (χ0) is 45.3. The van der Waals surface area contributed by atoms with Crippen molar-refractivity contribution in [3.63, 3.8) is 0 Å². The molecule has 3 aromatic heterocycles. The average molecular weight is 798 g/mol. The standard InChI is InChI=1S/C57H36N4O/c1-4-16-37(17-5-1)39-30-32-41(33-31-39)56-58-55(40-20-8-3-9-21-40)59-57(60-56)50-36-44(61-51-28-12-10-24-46(51)47-25-11-13-29-52(47)61)35-49-48-27-15-26-45(53(48)62-54(49)50)43-23-14-22-42(34-43)38-18-6-2-7-19-38/h1-36H/i3D,8D,9D,20D,21D. The van der Waals surface area contributed by atoms with Crippen LogP contribution < -0.4 is 0 Å². The van der Waals surface area contributed by atoms with Gasteiger partial charge in [-0.25, -0.2) is 15.0 Å². The molecule has 3 heterocycles. The van der Waals surface area contributed by atoms with Gasteiger partial charge in [0.05, 0.1) is 23.5 Å². The van der Waals surface area contributed by atoms with Crippen LogP contribution in [0, 0.1) is 0 Å². The van der Waals surface area contributed by atoms with E-state index in [2.05, 4.69) is 83.4 Å². The van der Waals surface area contributed by atoms with Gasteiger partial charge >= 0.3 is 0 Å². The smallest absolute Gasteiger partial charge is 0.167 e. The summed E-state index contributed by atoms with van der Waals surface area (Å²) in [6, 6.07) is 61.3. The molecule has 0 bridgehead atoms. The van der Waals surface area contributed by atoms with Crippen molar-refractivity contribution in [1.82, 2.24) is 19.5 Å². The van der Waals surface area contributed by atoms with E-state index < -0.39 is 30.2 Å². The van der Waals surface area contributed by atoms with Crippen molar-refractivity contribution >= 4 is 43.7 Å². The van der Waals surface area contributed by atoms with E-state index in [9.17, 15) is 0 Å². The summed E-state index contributed by atoms with van der Waals surface area (Å²) >= 11 is 0. The molecule has 12 rings (SSSR count). The Labute approximate surface area is 364 Å². The average Bonchev–Trinajstić information content (AvgIpc) is 3.94. The van der Waals surface area contributed by atoms with Crippen molar-refractivity contribution in [1.29, 1.82) is 0 Å². The number of aromatic nitrogens is 4. The van der Waals surface area contributed by atoms with Gasteiger partial charge in [0.2, 0.25) is 0 Å². The summed E-state index contributed by atoms with van der Waals surface area (Å²) in [7, 11) is 0. The third-order valence-electron chi connectivity index (χ3n) is 11.6. The Morgan fingerprint density at radius 1 is 0.355 bits per heavy atom. The maximum absolute atomic E-state index is 9.01. The SMILES string of the molecule is [2H]c1c([2H])c([2H])c(-c2nc(-c3ccc(-c4ccccc4)cc3)nc(-c3cc(-n4c5ccccc5c5ccccc54)cc4c3oc3c(-c5cccc(-c6ccccc6)c5)cccc34)n2)c([2H])c1[2H]. The van der Waals surface area contributed by atoms with Crippen LogP contribution >= 0.6 is 0 Å². The predicted octanol–water partition coefficient (Wildman–Crippen LogP) is 14.9. The van der Waals surface area contributed by atoms with Crippen LogP contribution in [0.3, 0.4) is 0 Å². The van der Waals surface area contributed by atoms with Gasteiger partial charge in [0.15, 0.2) is 17.5 Å². The molecule has 0 aliphatic carbocycles. The first-order valence-electron chi connectivity index (χ1n) is 22.9. The number of nitrogens with zero attached hydrogens (tertiary/aromatic N) is 4. The molecule has 0 radical (unpaired) electrons. The maximum Gasteiger partial charge on any atom is 0.167 e. The number of rotatable bonds is 7. The highest BCUT2D eigenvalue weighted by atomic mass is 16.3. The Hall–Kier alpha value is -8.41. The number of hydrogen-bond acceptors (Lipinski definition) is 4. The fraction of sp³-hybridized carbons (Fsp3) is 0. The molecule has 0 saturated heterocycles. The molecule has 0 spiro atoms. The van der Waals surface area contributed by atoms with Crippen LogP contribution in [0.1, 0.15) is 6.85 Å². The highest BCUT2D eigenvalue weighted by Gasteiger charge is 2.23. The van der Waals surface area contributed by atoms with Crippen molar-refractivity contribution < 1.29 is 11.3 Å².